The molecular formula is C25H27ClF3N5O6. The van der Waals surface area contributed by atoms with Gasteiger partial charge in [-0.05, 0) is 51.8 Å². The number of carbonyl (C=O) groups is 2. The minimum atomic E-state index is -4.79. The van der Waals surface area contributed by atoms with E-state index in [1.807, 2.05) is 0 Å². The molecule has 15 heteroatoms. The number of halogens is 4. The highest BCUT2D eigenvalue weighted by Crippen LogP contribution is 2.33. The predicted molar refractivity (Wildman–Crippen MR) is 135 cm³/mol. The molecule has 1 N–H and O–H groups in total. The van der Waals surface area contributed by atoms with Crippen molar-refractivity contribution in [1.82, 2.24) is 25.4 Å². The molecule has 1 aromatic carbocycles. The lowest BCUT2D eigenvalue weighted by Gasteiger charge is -2.38. The lowest BCUT2D eigenvalue weighted by Crippen LogP contribution is -2.52. The Morgan fingerprint density at radius 3 is 2.65 bits per heavy atom. The fourth-order valence-corrected chi connectivity index (χ4v) is 4.22. The van der Waals surface area contributed by atoms with Crippen molar-refractivity contribution in [2.45, 2.75) is 57.7 Å². The van der Waals surface area contributed by atoms with E-state index >= 15 is 0 Å². The van der Waals surface area contributed by atoms with E-state index in [-0.39, 0.29) is 24.4 Å². The zero-order valence-corrected chi connectivity index (χ0v) is 22.6. The van der Waals surface area contributed by atoms with Gasteiger partial charge in [-0.2, -0.15) is 0 Å². The second-order valence-corrected chi connectivity index (χ2v) is 10.4. The largest absolute Gasteiger partial charge is 0.522 e. The van der Waals surface area contributed by atoms with Gasteiger partial charge in [0.15, 0.2) is 0 Å². The summed E-state index contributed by atoms with van der Waals surface area (Å²) in [5.74, 6) is -0.355. The summed E-state index contributed by atoms with van der Waals surface area (Å²) in [5.41, 5.74) is 0.185. The van der Waals surface area contributed by atoms with Crippen molar-refractivity contribution < 1.29 is 41.4 Å². The van der Waals surface area contributed by atoms with E-state index in [1.54, 1.807) is 45.0 Å². The standard InChI is InChI=1S/C25H27ClF3N5O6/c1-24(2,3)40-23(36)34-13-17(31-20(35)15-10-14-4-5-16(26)11-18(14)30-12-15)6-7-19(34)21-32-33-22(39-21)37-8-9-38-25(27,28)29/h4-5,10-12,17,19H,6-9,13H2,1-3H3,(H,31,35)/t17-,19+/m0/s1. The minimum absolute atomic E-state index is 0.0137. The molecule has 40 heavy (non-hydrogen) atoms. The first-order valence-corrected chi connectivity index (χ1v) is 12.7. The molecule has 2 aromatic heterocycles. The van der Waals surface area contributed by atoms with Gasteiger partial charge in [0.1, 0.15) is 18.2 Å². The molecular weight excluding hydrogens is 559 g/mol. The van der Waals surface area contributed by atoms with Crippen LogP contribution in [0.5, 0.6) is 6.08 Å². The molecule has 3 aromatic rings. The summed E-state index contributed by atoms with van der Waals surface area (Å²) in [6, 6.07) is 5.72. The fraction of sp³-hybridized carbons (Fsp3) is 0.480. The van der Waals surface area contributed by atoms with Crippen molar-refractivity contribution >= 4 is 34.5 Å². The molecule has 4 rings (SSSR count). The third-order valence-corrected chi connectivity index (χ3v) is 5.97. The van der Waals surface area contributed by atoms with E-state index < -0.39 is 43.4 Å². The van der Waals surface area contributed by atoms with Crippen LogP contribution >= 0.6 is 11.6 Å². The lowest BCUT2D eigenvalue weighted by atomic mass is 9.98. The first-order chi connectivity index (χ1) is 18.8. The number of carbonyl (C=O) groups excluding carboxylic acids is 2. The van der Waals surface area contributed by atoms with Crippen molar-refractivity contribution in [2.24, 2.45) is 0 Å². The van der Waals surface area contributed by atoms with Gasteiger partial charge in [0.05, 0.1) is 17.7 Å². The summed E-state index contributed by atoms with van der Waals surface area (Å²) in [6.45, 7) is 3.96. The van der Waals surface area contributed by atoms with Gasteiger partial charge in [-0.15, -0.1) is 18.3 Å². The predicted octanol–water partition coefficient (Wildman–Crippen LogP) is 5.06. The van der Waals surface area contributed by atoms with Crippen LogP contribution in [0, 0.1) is 0 Å². The number of hydrogen-bond acceptors (Lipinski definition) is 9. The van der Waals surface area contributed by atoms with Crippen LogP contribution in [0.25, 0.3) is 10.9 Å². The van der Waals surface area contributed by atoms with Crippen molar-refractivity contribution in [3.63, 3.8) is 0 Å². The molecule has 0 spiro atoms. The summed E-state index contributed by atoms with van der Waals surface area (Å²) >= 11 is 6.00. The molecule has 2 amide bonds. The maximum atomic E-state index is 13.1. The molecule has 1 fully saturated rings. The second kappa shape index (κ2) is 11.8. The second-order valence-electron chi connectivity index (χ2n) is 10.0. The Labute approximate surface area is 231 Å². The van der Waals surface area contributed by atoms with Crippen LogP contribution in [0.2, 0.25) is 5.02 Å². The van der Waals surface area contributed by atoms with Gasteiger partial charge in [0, 0.05) is 29.2 Å². The number of hydrogen-bond donors (Lipinski definition) is 1. The number of pyridine rings is 1. The summed E-state index contributed by atoms with van der Waals surface area (Å²) in [4.78, 5) is 31.8. The molecule has 0 unspecified atom stereocenters. The van der Waals surface area contributed by atoms with Crippen molar-refractivity contribution in [2.75, 3.05) is 19.8 Å². The summed E-state index contributed by atoms with van der Waals surface area (Å²) < 4.78 is 56.1. The molecule has 216 valence electrons. The van der Waals surface area contributed by atoms with Crippen molar-refractivity contribution in [3.8, 4) is 6.08 Å². The number of aromatic nitrogens is 3. The highest BCUT2D eigenvalue weighted by atomic mass is 35.5. The molecule has 1 saturated heterocycles. The smallest absolute Gasteiger partial charge is 0.447 e. The third kappa shape index (κ3) is 7.94. The number of nitrogens with one attached hydrogen (secondary N) is 1. The number of rotatable bonds is 7. The Bertz CT molecular complexity index is 1360. The topological polar surface area (TPSA) is 129 Å². The van der Waals surface area contributed by atoms with E-state index in [4.69, 9.17) is 25.5 Å². The molecule has 3 heterocycles. The molecule has 11 nitrogen and oxygen atoms in total. The average Bonchev–Trinajstić information content (AvgIpc) is 3.33. The highest BCUT2D eigenvalue weighted by Gasteiger charge is 2.39. The Kier molecular flexibility index (Phi) is 8.68. The van der Waals surface area contributed by atoms with Gasteiger partial charge in [0.25, 0.3) is 5.91 Å². The number of alkyl halides is 3. The number of ether oxygens (including phenoxy) is 3. The van der Waals surface area contributed by atoms with Crippen molar-refractivity contribution in [3.05, 3.63) is 46.9 Å². The van der Waals surface area contributed by atoms with Crippen molar-refractivity contribution in [1.29, 1.82) is 0 Å². The van der Waals surface area contributed by atoms with E-state index in [9.17, 15) is 22.8 Å². The van der Waals surface area contributed by atoms with Gasteiger partial charge < -0.3 is 19.2 Å². The normalized spacial score (nSPS) is 18.0. The minimum Gasteiger partial charge on any atom is -0.447 e. The first kappa shape index (κ1) is 29.3. The number of amides is 2. The number of nitrogens with zero attached hydrogens (tertiary/aromatic N) is 4. The molecule has 0 saturated carbocycles. The maximum absolute atomic E-state index is 13.1. The van der Waals surface area contributed by atoms with Crippen LogP contribution in [-0.2, 0) is 9.47 Å². The van der Waals surface area contributed by atoms with Crippen LogP contribution in [0.15, 0.2) is 34.9 Å². The van der Waals surface area contributed by atoms with Gasteiger partial charge in [-0.1, -0.05) is 22.8 Å². The van der Waals surface area contributed by atoms with Gasteiger partial charge in [0.2, 0.25) is 5.89 Å². The lowest BCUT2D eigenvalue weighted by molar-refractivity contribution is -0.325. The Balaban J connectivity index is 1.44. The van der Waals surface area contributed by atoms with Crippen LogP contribution < -0.4 is 10.1 Å². The number of piperidine rings is 1. The maximum Gasteiger partial charge on any atom is 0.522 e. The Hall–Kier alpha value is -3.65. The molecule has 2 atom stereocenters. The van der Waals surface area contributed by atoms with Crippen LogP contribution in [0.1, 0.15) is 55.9 Å². The highest BCUT2D eigenvalue weighted by molar-refractivity contribution is 6.31. The van der Waals surface area contributed by atoms with Crippen LogP contribution in [-0.4, -0.2) is 69.8 Å². The molecule has 1 aliphatic heterocycles. The van der Waals surface area contributed by atoms with Crippen LogP contribution in [0.3, 0.4) is 0 Å². The van der Waals surface area contributed by atoms with E-state index in [2.05, 4.69) is 25.2 Å². The molecule has 1 aliphatic rings. The van der Waals surface area contributed by atoms with Gasteiger partial charge in [-0.3, -0.25) is 19.4 Å². The van der Waals surface area contributed by atoms with E-state index in [0.29, 0.717) is 28.9 Å². The van der Waals surface area contributed by atoms with E-state index in [1.165, 1.54) is 11.1 Å². The number of likely N-dealkylation sites (tertiary alicyclic amines) is 1. The first-order valence-electron chi connectivity index (χ1n) is 12.3. The molecule has 0 radical (unpaired) electrons. The summed E-state index contributed by atoms with van der Waals surface area (Å²) in [5, 5.41) is 11.8. The quantitative estimate of drug-likeness (QED) is 0.378. The number of benzene rings is 1. The summed E-state index contributed by atoms with van der Waals surface area (Å²) in [7, 11) is 0. The Morgan fingerprint density at radius 1 is 1.15 bits per heavy atom. The number of fused-ring (bicyclic) bond motifs is 1. The van der Waals surface area contributed by atoms with E-state index in [0.717, 1.165) is 5.39 Å². The van der Waals surface area contributed by atoms with Gasteiger partial charge in [-0.25, -0.2) is 4.79 Å². The fourth-order valence-electron chi connectivity index (χ4n) is 4.06. The SMILES string of the molecule is CC(C)(C)OC(=O)N1C[C@@H](NC(=O)c2cnc3cc(Cl)ccc3c2)CC[C@@H]1c1nnc(OCCOC(F)(F)F)o1. The summed E-state index contributed by atoms with van der Waals surface area (Å²) in [6.07, 6.45) is -3.61. The Morgan fingerprint density at radius 2 is 1.93 bits per heavy atom. The zero-order chi connectivity index (χ0) is 29.1. The van der Waals surface area contributed by atoms with Crippen LogP contribution in [0.4, 0.5) is 18.0 Å². The molecule has 0 bridgehead atoms. The monoisotopic (exact) mass is 585 g/mol. The zero-order valence-electron chi connectivity index (χ0n) is 21.8. The van der Waals surface area contributed by atoms with Gasteiger partial charge >= 0.3 is 18.5 Å². The average molecular weight is 586 g/mol. The third-order valence-electron chi connectivity index (χ3n) is 5.74. The molecule has 0 aliphatic carbocycles.